The van der Waals surface area contributed by atoms with E-state index in [1.54, 1.807) is 0 Å². The van der Waals surface area contributed by atoms with Crippen LogP contribution in [0.3, 0.4) is 0 Å². The van der Waals surface area contributed by atoms with E-state index in [-0.39, 0.29) is 56.1 Å². The summed E-state index contributed by atoms with van der Waals surface area (Å²) in [6.45, 7) is 0. The first kappa shape index (κ1) is 50.5. The molecule has 32 valence electrons. The summed E-state index contributed by atoms with van der Waals surface area (Å²) in [6.07, 6.45) is 0. The van der Waals surface area contributed by atoms with Crippen molar-refractivity contribution in [1.29, 1.82) is 0 Å². The maximum absolute atomic E-state index is 0. The molecule has 0 saturated carbocycles. The van der Waals surface area contributed by atoms with Crippen LogP contribution in [-0.2, 0) is 34.1 Å². The van der Waals surface area contributed by atoms with Crippen molar-refractivity contribution < 1.29 is 34.1 Å². The van der Waals surface area contributed by atoms with Gasteiger partial charge in [0.25, 0.3) is 0 Å². The minimum absolute atomic E-state index is 0. The molecular formula is H8Fe2Si2. The zero-order valence-electron chi connectivity index (χ0n) is 0.707. The van der Waals surface area contributed by atoms with Gasteiger partial charge in [-0.05, 0) is 21.9 Å². The van der Waals surface area contributed by atoms with E-state index in [9.17, 15) is 0 Å². The van der Waals surface area contributed by atoms with Crippen molar-refractivity contribution in [3.63, 3.8) is 0 Å². The molecule has 0 bridgehead atoms. The van der Waals surface area contributed by atoms with Gasteiger partial charge in [-0.2, -0.15) is 0 Å². The monoisotopic (exact) mass is 176 g/mol. The summed E-state index contributed by atoms with van der Waals surface area (Å²) in [4.78, 5) is 0. The molecule has 0 fully saturated rings. The molecule has 0 unspecified atom stereocenters. The second-order valence-electron chi connectivity index (χ2n) is 0. The van der Waals surface area contributed by atoms with Gasteiger partial charge < -0.3 is 0 Å². The third-order valence-electron chi connectivity index (χ3n) is 0. The second-order valence-corrected chi connectivity index (χ2v) is 0. The quantitative estimate of drug-likeness (QED) is 0.347. The van der Waals surface area contributed by atoms with E-state index in [1.807, 2.05) is 0 Å². The molecule has 0 aromatic carbocycles. The van der Waals surface area contributed by atoms with Crippen molar-refractivity contribution in [2.45, 2.75) is 0 Å². The van der Waals surface area contributed by atoms with Gasteiger partial charge >= 0.3 is 0 Å². The van der Waals surface area contributed by atoms with Crippen molar-refractivity contribution in [1.82, 2.24) is 0 Å². The molecule has 0 N–H and O–H groups in total. The van der Waals surface area contributed by atoms with Gasteiger partial charge in [-0.1, -0.05) is 0 Å². The van der Waals surface area contributed by atoms with Crippen LogP contribution in [0, 0.1) is 0 Å². The van der Waals surface area contributed by atoms with E-state index in [2.05, 4.69) is 0 Å². The van der Waals surface area contributed by atoms with E-state index >= 15 is 0 Å². The summed E-state index contributed by atoms with van der Waals surface area (Å²) >= 11 is 0. The van der Waals surface area contributed by atoms with Crippen LogP contribution < -0.4 is 0 Å². The van der Waals surface area contributed by atoms with Gasteiger partial charge in [0.15, 0.2) is 0 Å². The van der Waals surface area contributed by atoms with E-state index in [0.717, 1.165) is 0 Å². The number of hydrogen-bond donors (Lipinski definition) is 0. The first-order chi connectivity index (χ1) is 0. The fourth-order valence-electron chi connectivity index (χ4n) is 0. The molecule has 0 rings (SSSR count). The normalized spacial score (nSPS) is 0. The molecule has 0 amide bonds. The first-order valence-corrected chi connectivity index (χ1v) is 0. The van der Waals surface area contributed by atoms with Gasteiger partial charge in [0, 0.05) is 34.1 Å². The molecule has 0 atom stereocenters. The third kappa shape index (κ3) is 9.79. The Morgan fingerprint density at radius 1 is 0.500 bits per heavy atom. The first-order valence-electron chi connectivity index (χ1n) is 0. The standard InChI is InChI=1S/2Fe.2H4Si/h;;2*1H4. The molecule has 0 aromatic heterocycles. The molecule has 0 saturated heterocycles. The average molecular weight is 176 g/mol. The van der Waals surface area contributed by atoms with Gasteiger partial charge in [-0.25, -0.2) is 0 Å². The molecule has 0 aromatic rings. The van der Waals surface area contributed by atoms with Gasteiger partial charge in [0.1, 0.15) is 0 Å². The molecule has 4 heavy (non-hydrogen) atoms. The molecule has 0 aliphatic heterocycles. The molecule has 0 aliphatic carbocycles. The number of rotatable bonds is 0. The minimum atomic E-state index is 0. The third-order valence-corrected chi connectivity index (χ3v) is 0. The van der Waals surface area contributed by atoms with E-state index in [1.165, 1.54) is 0 Å². The predicted octanol–water partition coefficient (Wildman–Crippen LogP) is -2.91. The van der Waals surface area contributed by atoms with Crippen LogP contribution in [-0.4, -0.2) is 21.9 Å². The van der Waals surface area contributed by atoms with Crippen LogP contribution in [0.25, 0.3) is 0 Å². The summed E-state index contributed by atoms with van der Waals surface area (Å²) in [5.41, 5.74) is 0. The van der Waals surface area contributed by atoms with Crippen LogP contribution in [0.15, 0.2) is 0 Å². The summed E-state index contributed by atoms with van der Waals surface area (Å²) in [7, 11) is 0. The van der Waals surface area contributed by atoms with Crippen LogP contribution in [0.4, 0.5) is 0 Å². The predicted molar refractivity (Wildman–Crippen MR) is 22.7 cm³/mol. The largest absolute Gasteiger partial charge is 0.0149 e. The molecular weight excluding hydrogens is 168 g/mol. The maximum atomic E-state index is 0. The molecule has 0 heterocycles. The fourth-order valence-corrected chi connectivity index (χ4v) is 0. The van der Waals surface area contributed by atoms with Gasteiger partial charge in [0.2, 0.25) is 0 Å². The molecule has 0 spiro atoms. The molecule has 0 aliphatic rings. The van der Waals surface area contributed by atoms with Crippen molar-refractivity contribution in [2.75, 3.05) is 0 Å². The Morgan fingerprint density at radius 3 is 0.500 bits per heavy atom. The zero-order chi connectivity index (χ0) is 0. The Kier molecular flexibility index (Phi) is 314. The fraction of sp³-hybridized carbons (Fsp3) is 0. The number of hydrogen-bond acceptors (Lipinski definition) is 0. The Bertz CT molecular complexity index is 4.00. The summed E-state index contributed by atoms with van der Waals surface area (Å²) in [6, 6.07) is 0. The van der Waals surface area contributed by atoms with Crippen molar-refractivity contribution in [2.24, 2.45) is 0 Å². The minimum Gasteiger partial charge on any atom is -0.0149 e. The van der Waals surface area contributed by atoms with Crippen molar-refractivity contribution in [3.05, 3.63) is 0 Å². The molecule has 4 heteroatoms. The second kappa shape index (κ2) is 24.9. The summed E-state index contributed by atoms with van der Waals surface area (Å²) in [5, 5.41) is 0. The Hall–Kier alpha value is 1.47. The van der Waals surface area contributed by atoms with E-state index in [0.29, 0.717) is 0 Å². The summed E-state index contributed by atoms with van der Waals surface area (Å²) in [5.74, 6) is 0. The van der Waals surface area contributed by atoms with Crippen LogP contribution in [0.2, 0.25) is 0 Å². The molecule has 0 radical (unpaired) electrons. The van der Waals surface area contributed by atoms with Gasteiger partial charge in [-0.15, -0.1) is 0 Å². The average Bonchev–Trinajstić information content (AvgIpc) is 0. The van der Waals surface area contributed by atoms with Crippen LogP contribution in [0.1, 0.15) is 0 Å². The van der Waals surface area contributed by atoms with E-state index in [4.69, 9.17) is 0 Å². The SMILES string of the molecule is [Fe].[Fe].[SiH4].[SiH4]. The van der Waals surface area contributed by atoms with Crippen molar-refractivity contribution in [3.8, 4) is 0 Å². The van der Waals surface area contributed by atoms with Crippen LogP contribution in [0.5, 0.6) is 0 Å². The Labute approximate surface area is 56.1 Å². The van der Waals surface area contributed by atoms with Gasteiger partial charge in [0.05, 0.1) is 0 Å². The maximum Gasteiger partial charge on any atom is 0 e. The van der Waals surface area contributed by atoms with Gasteiger partial charge in [-0.3, -0.25) is 0 Å². The van der Waals surface area contributed by atoms with Crippen molar-refractivity contribution >= 4 is 21.9 Å². The Balaban J connectivity index is 0. The van der Waals surface area contributed by atoms with E-state index < -0.39 is 0 Å². The van der Waals surface area contributed by atoms with Crippen LogP contribution >= 0.6 is 0 Å². The zero-order valence-corrected chi connectivity index (χ0v) is 2.92. The molecule has 0 nitrogen and oxygen atoms in total. The topological polar surface area (TPSA) is 0 Å². The Morgan fingerprint density at radius 2 is 0.500 bits per heavy atom. The smallest absolute Gasteiger partial charge is 0 e. The summed E-state index contributed by atoms with van der Waals surface area (Å²) < 4.78 is 0.